The summed E-state index contributed by atoms with van der Waals surface area (Å²) in [5.41, 5.74) is -0.375. The Labute approximate surface area is 183 Å². The van der Waals surface area contributed by atoms with Gasteiger partial charge in [-0.15, -0.1) is 11.3 Å². The van der Waals surface area contributed by atoms with E-state index in [0.29, 0.717) is 10.2 Å². The van der Waals surface area contributed by atoms with Gasteiger partial charge in [-0.05, 0) is 42.5 Å². The third kappa shape index (κ3) is 3.17. The fourth-order valence-electron chi connectivity index (χ4n) is 3.66. The Morgan fingerprint density at radius 1 is 0.903 bits per heavy atom. The third-order valence-electron chi connectivity index (χ3n) is 5.12. The fourth-order valence-corrected chi connectivity index (χ4v) is 5.01. The van der Waals surface area contributed by atoms with Gasteiger partial charge in [0.2, 0.25) is 0 Å². The van der Waals surface area contributed by atoms with E-state index < -0.39 is 22.9 Å². The van der Waals surface area contributed by atoms with Crippen molar-refractivity contribution < 1.29 is 8.78 Å². The number of benzene rings is 3. The van der Waals surface area contributed by atoms with Crippen LogP contribution < -0.4 is 11.2 Å². The zero-order chi connectivity index (χ0) is 21.7. The second-order valence-corrected chi connectivity index (χ2v) is 8.42. The normalized spacial score (nSPS) is 11.5. The molecule has 0 saturated heterocycles. The van der Waals surface area contributed by atoms with Gasteiger partial charge < -0.3 is 0 Å². The molecule has 2 aromatic heterocycles. The highest BCUT2D eigenvalue weighted by atomic mass is 35.5. The standard InChI is InChI=1S/C23H13ClF2N2O2S/c24-17-5-3-6-18(26)16(17)12-27-20-15-4-1-2-7-19(15)31-21(20)22(29)28(23(27)30)14-10-8-13(25)9-11-14/h1-11H,12H2. The van der Waals surface area contributed by atoms with Gasteiger partial charge in [0.05, 0.1) is 17.7 Å². The first-order chi connectivity index (χ1) is 15.0. The number of rotatable bonds is 3. The van der Waals surface area contributed by atoms with E-state index in [9.17, 15) is 18.4 Å². The van der Waals surface area contributed by atoms with E-state index in [1.54, 1.807) is 6.07 Å². The lowest BCUT2D eigenvalue weighted by Gasteiger charge is -2.14. The number of aromatic nitrogens is 2. The molecule has 154 valence electrons. The zero-order valence-electron chi connectivity index (χ0n) is 15.8. The van der Waals surface area contributed by atoms with Crippen LogP contribution in [0.4, 0.5) is 8.78 Å². The minimum absolute atomic E-state index is 0.146. The molecule has 0 N–H and O–H groups in total. The van der Waals surface area contributed by atoms with Crippen molar-refractivity contribution in [2.45, 2.75) is 6.54 Å². The molecule has 5 rings (SSSR count). The van der Waals surface area contributed by atoms with Gasteiger partial charge in [0.1, 0.15) is 16.3 Å². The molecule has 8 heteroatoms. The summed E-state index contributed by atoms with van der Waals surface area (Å²) in [5, 5.41) is 0.898. The highest BCUT2D eigenvalue weighted by Gasteiger charge is 2.21. The van der Waals surface area contributed by atoms with E-state index in [1.807, 2.05) is 24.3 Å². The van der Waals surface area contributed by atoms with Crippen molar-refractivity contribution in [2.75, 3.05) is 0 Å². The molecule has 0 bridgehead atoms. The van der Waals surface area contributed by atoms with Crippen molar-refractivity contribution in [2.24, 2.45) is 0 Å². The highest BCUT2D eigenvalue weighted by molar-refractivity contribution is 7.25. The SMILES string of the molecule is O=c1c2sc3ccccc3c2n(Cc2c(F)cccc2Cl)c(=O)n1-c1ccc(F)cc1. The van der Waals surface area contributed by atoms with Crippen molar-refractivity contribution in [1.29, 1.82) is 0 Å². The van der Waals surface area contributed by atoms with E-state index in [0.717, 1.165) is 14.7 Å². The smallest absolute Gasteiger partial charge is 0.287 e. The summed E-state index contributed by atoms with van der Waals surface area (Å²) in [7, 11) is 0. The Morgan fingerprint density at radius 2 is 1.65 bits per heavy atom. The van der Waals surface area contributed by atoms with Crippen LogP contribution in [0, 0.1) is 11.6 Å². The van der Waals surface area contributed by atoms with E-state index in [1.165, 1.54) is 52.3 Å². The molecule has 31 heavy (non-hydrogen) atoms. The molecule has 3 aromatic carbocycles. The van der Waals surface area contributed by atoms with Crippen LogP contribution >= 0.6 is 22.9 Å². The molecule has 0 fully saturated rings. The van der Waals surface area contributed by atoms with E-state index in [4.69, 9.17) is 11.6 Å². The van der Waals surface area contributed by atoms with Crippen LogP contribution in [-0.2, 0) is 6.54 Å². The van der Waals surface area contributed by atoms with Gasteiger partial charge in [-0.1, -0.05) is 35.9 Å². The molecule has 0 radical (unpaired) electrons. The fraction of sp³-hybridized carbons (Fsp3) is 0.0435. The summed E-state index contributed by atoms with van der Waals surface area (Å²) in [6.07, 6.45) is 0. The summed E-state index contributed by atoms with van der Waals surface area (Å²) in [6, 6.07) is 16.7. The Kier molecular flexibility index (Phi) is 4.72. The molecule has 0 atom stereocenters. The van der Waals surface area contributed by atoms with Crippen LogP contribution in [0.1, 0.15) is 5.56 Å². The van der Waals surface area contributed by atoms with Gasteiger partial charge >= 0.3 is 5.69 Å². The summed E-state index contributed by atoms with van der Waals surface area (Å²) in [4.78, 5) is 26.8. The van der Waals surface area contributed by atoms with Crippen LogP contribution in [0.2, 0.25) is 5.02 Å². The molecule has 4 nitrogen and oxygen atoms in total. The van der Waals surface area contributed by atoms with Crippen molar-refractivity contribution >= 4 is 43.2 Å². The summed E-state index contributed by atoms with van der Waals surface area (Å²) in [5.74, 6) is -1.04. The van der Waals surface area contributed by atoms with Crippen LogP contribution in [0.3, 0.4) is 0 Å². The van der Waals surface area contributed by atoms with Gasteiger partial charge in [-0.25, -0.2) is 18.1 Å². The molecule has 0 aliphatic rings. The molecule has 0 spiro atoms. The van der Waals surface area contributed by atoms with Crippen LogP contribution in [0.15, 0.2) is 76.3 Å². The molecule has 0 aliphatic heterocycles. The zero-order valence-corrected chi connectivity index (χ0v) is 17.4. The Balaban J connectivity index is 1.91. The molecule has 0 aliphatic carbocycles. The average Bonchev–Trinajstić information content (AvgIpc) is 3.14. The quantitative estimate of drug-likeness (QED) is 0.369. The number of halogens is 3. The lowest BCUT2D eigenvalue weighted by molar-refractivity contribution is 0.594. The Morgan fingerprint density at radius 3 is 2.39 bits per heavy atom. The predicted molar refractivity (Wildman–Crippen MR) is 120 cm³/mol. The van der Waals surface area contributed by atoms with Crippen LogP contribution in [0.5, 0.6) is 0 Å². The van der Waals surface area contributed by atoms with E-state index in [-0.39, 0.29) is 22.8 Å². The molecule has 2 heterocycles. The molecule has 5 aromatic rings. The highest BCUT2D eigenvalue weighted by Crippen LogP contribution is 2.32. The number of nitrogens with zero attached hydrogens (tertiary/aromatic N) is 2. The van der Waals surface area contributed by atoms with E-state index in [2.05, 4.69) is 0 Å². The van der Waals surface area contributed by atoms with Gasteiger partial charge in [-0.3, -0.25) is 9.36 Å². The summed E-state index contributed by atoms with van der Waals surface area (Å²) < 4.78 is 31.5. The first kappa shape index (κ1) is 19.7. The lowest BCUT2D eigenvalue weighted by Crippen LogP contribution is -2.38. The molecular weight excluding hydrogens is 442 g/mol. The predicted octanol–water partition coefficient (Wildman–Crippen LogP) is 5.35. The topological polar surface area (TPSA) is 44.0 Å². The van der Waals surface area contributed by atoms with Crippen molar-refractivity contribution in [3.05, 3.63) is 110 Å². The van der Waals surface area contributed by atoms with Crippen molar-refractivity contribution in [1.82, 2.24) is 9.13 Å². The lowest BCUT2D eigenvalue weighted by atomic mass is 10.2. The maximum atomic E-state index is 14.5. The number of fused-ring (bicyclic) bond motifs is 3. The maximum Gasteiger partial charge on any atom is 0.336 e. The Hall–Kier alpha value is -3.29. The number of thiophene rings is 1. The molecule has 0 unspecified atom stereocenters. The van der Waals surface area contributed by atoms with Crippen LogP contribution in [0.25, 0.3) is 26.0 Å². The monoisotopic (exact) mass is 454 g/mol. The van der Waals surface area contributed by atoms with Crippen molar-refractivity contribution in [3.8, 4) is 5.69 Å². The maximum absolute atomic E-state index is 14.5. The first-order valence-corrected chi connectivity index (χ1v) is 10.5. The number of hydrogen-bond acceptors (Lipinski definition) is 3. The van der Waals surface area contributed by atoms with Gasteiger partial charge in [0, 0.05) is 20.7 Å². The van der Waals surface area contributed by atoms with Gasteiger partial charge in [0.25, 0.3) is 5.56 Å². The second kappa shape index (κ2) is 7.44. The Bertz CT molecular complexity index is 1570. The average molecular weight is 455 g/mol. The van der Waals surface area contributed by atoms with Crippen LogP contribution in [-0.4, -0.2) is 9.13 Å². The largest absolute Gasteiger partial charge is 0.336 e. The summed E-state index contributed by atoms with van der Waals surface area (Å²) >= 11 is 7.47. The van der Waals surface area contributed by atoms with E-state index >= 15 is 0 Å². The van der Waals surface area contributed by atoms with Crippen molar-refractivity contribution in [3.63, 3.8) is 0 Å². The third-order valence-corrected chi connectivity index (χ3v) is 6.62. The molecule has 0 saturated carbocycles. The molecular formula is C23H13ClF2N2O2S. The van der Waals surface area contributed by atoms with Gasteiger partial charge in [-0.2, -0.15) is 0 Å². The summed E-state index contributed by atoms with van der Waals surface area (Å²) in [6.45, 7) is -0.164. The second-order valence-electron chi connectivity index (χ2n) is 6.96. The minimum Gasteiger partial charge on any atom is -0.287 e. The minimum atomic E-state index is -0.660. The molecule has 0 amide bonds. The number of hydrogen-bond donors (Lipinski definition) is 0. The first-order valence-electron chi connectivity index (χ1n) is 9.31. The van der Waals surface area contributed by atoms with Gasteiger partial charge in [0.15, 0.2) is 0 Å².